The summed E-state index contributed by atoms with van der Waals surface area (Å²) < 4.78 is 7.45. The predicted molar refractivity (Wildman–Crippen MR) is 82.4 cm³/mol. The normalized spacial score (nSPS) is 10.9. The summed E-state index contributed by atoms with van der Waals surface area (Å²) >= 11 is 1.72. The van der Waals surface area contributed by atoms with Gasteiger partial charge in [0.25, 0.3) is 0 Å². The van der Waals surface area contributed by atoms with E-state index in [1.807, 2.05) is 26.2 Å². The SMILES string of the molecule is CCOCCCNc1nccn1CCc1nc(C)cs1. The van der Waals surface area contributed by atoms with Crippen molar-refractivity contribution in [3.8, 4) is 0 Å². The molecule has 2 aromatic rings. The Kier molecular flexibility index (Phi) is 6.01. The molecule has 0 radical (unpaired) electrons. The van der Waals surface area contributed by atoms with Crippen LogP contribution in [-0.4, -0.2) is 34.3 Å². The lowest BCUT2D eigenvalue weighted by molar-refractivity contribution is 0.147. The minimum Gasteiger partial charge on any atom is -0.382 e. The van der Waals surface area contributed by atoms with Gasteiger partial charge in [-0.1, -0.05) is 0 Å². The van der Waals surface area contributed by atoms with E-state index in [0.29, 0.717) is 0 Å². The maximum absolute atomic E-state index is 5.32. The Labute approximate surface area is 124 Å². The lowest BCUT2D eigenvalue weighted by Gasteiger charge is -2.09. The molecule has 0 saturated carbocycles. The van der Waals surface area contributed by atoms with Gasteiger partial charge in [0.05, 0.1) is 5.01 Å². The molecular weight excluding hydrogens is 272 g/mol. The summed E-state index contributed by atoms with van der Waals surface area (Å²) in [5.41, 5.74) is 1.10. The van der Waals surface area contributed by atoms with E-state index in [0.717, 1.165) is 50.8 Å². The highest BCUT2D eigenvalue weighted by molar-refractivity contribution is 7.09. The van der Waals surface area contributed by atoms with Gasteiger partial charge in [0, 0.05) is 56.2 Å². The maximum atomic E-state index is 5.32. The highest BCUT2D eigenvalue weighted by Gasteiger charge is 2.04. The van der Waals surface area contributed by atoms with Crippen LogP contribution < -0.4 is 5.32 Å². The van der Waals surface area contributed by atoms with Gasteiger partial charge in [-0.25, -0.2) is 9.97 Å². The van der Waals surface area contributed by atoms with E-state index in [1.54, 1.807) is 11.3 Å². The largest absolute Gasteiger partial charge is 0.382 e. The van der Waals surface area contributed by atoms with Crippen LogP contribution in [0.15, 0.2) is 17.8 Å². The fourth-order valence-corrected chi connectivity index (χ4v) is 2.67. The van der Waals surface area contributed by atoms with Gasteiger partial charge in [0.15, 0.2) is 0 Å². The molecule has 0 fully saturated rings. The molecule has 0 aliphatic heterocycles. The van der Waals surface area contributed by atoms with E-state index in [4.69, 9.17) is 4.74 Å². The first kappa shape index (κ1) is 15.0. The fourth-order valence-electron chi connectivity index (χ4n) is 1.91. The van der Waals surface area contributed by atoms with Crippen molar-refractivity contribution in [1.82, 2.24) is 14.5 Å². The summed E-state index contributed by atoms with van der Waals surface area (Å²) in [5.74, 6) is 0.926. The Morgan fingerprint density at radius 1 is 1.45 bits per heavy atom. The van der Waals surface area contributed by atoms with Crippen molar-refractivity contribution in [3.63, 3.8) is 0 Å². The second-order valence-corrected chi connectivity index (χ2v) is 5.50. The molecule has 5 nitrogen and oxygen atoms in total. The van der Waals surface area contributed by atoms with Crippen LogP contribution in [0, 0.1) is 6.92 Å². The van der Waals surface area contributed by atoms with Crippen LogP contribution in [0.3, 0.4) is 0 Å². The first-order chi connectivity index (χ1) is 9.79. The molecule has 2 heterocycles. The molecule has 2 rings (SSSR count). The molecule has 0 amide bonds. The van der Waals surface area contributed by atoms with Crippen molar-refractivity contribution >= 4 is 17.3 Å². The number of nitrogens with zero attached hydrogens (tertiary/aromatic N) is 3. The molecule has 0 unspecified atom stereocenters. The molecule has 1 N–H and O–H groups in total. The van der Waals surface area contributed by atoms with Crippen LogP contribution in [0.5, 0.6) is 0 Å². The predicted octanol–water partition coefficient (Wildman–Crippen LogP) is 2.73. The number of hydrogen-bond donors (Lipinski definition) is 1. The van der Waals surface area contributed by atoms with Gasteiger partial charge in [-0.15, -0.1) is 11.3 Å². The minimum absolute atomic E-state index is 0.780. The molecule has 0 bridgehead atoms. The van der Waals surface area contributed by atoms with E-state index in [1.165, 1.54) is 5.01 Å². The van der Waals surface area contributed by atoms with E-state index in [-0.39, 0.29) is 0 Å². The van der Waals surface area contributed by atoms with Crippen molar-refractivity contribution in [3.05, 3.63) is 28.5 Å². The summed E-state index contributed by atoms with van der Waals surface area (Å²) in [6.45, 7) is 7.40. The molecule has 0 atom stereocenters. The molecule has 0 aliphatic rings. The van der Waals surface area contributed by atoms with Crippen LogP contribution >= 0.6 is 11.3 Å². The Bertz CT molecular complexity index is 509. The maximum Gasteiger partial charge on any atom is 0.202 e. The average Bonchev–Trinajstić information content (AvgIpc) is 3.05. The van der Waals surface area contributed by atoms with E-state index < -0.39 is 0 Å². The number of anilines is 1. The van der Waals surface area contributed by atoms with Crippen molar-refractivity contribution in [2.24, 2.45) is 0 Å². The average molecular weight is 294 g/mol. The monoisotopic (exact) mass is 294 g/mol. The van der Waals surface area contributed by atoms with Gasteiger partial charge in [-0.05, 0) is 20.3 Å². The Balaban J connectivity index is 1.76. The smallest absolute Gasteiger partial charge is 0.202 e. The Morgan fingerprint density at radius 3 is 3.10 bits per heavy atom. The van der Waals surface area contributed by atoms with Crippen molar-refractivity contribution in [1.29, 1.82) is 0 Å². The number of nitrogens with one attached hydrogen (secondary N) is 1. The summed E-state index contributed by atoms with van der Waals surface area (Å²) in [5, 5.41) is 6.62. The first-order valence-corrected chi connectivity index (χ1v) is 7.91. The number of rotatable bonds is 9. The molecular formula is C14H22N4OS. The second-order valence-electron chi connectivity index (χ2n) is 4.55. The van der Waals surface area contributed by atoms with Gasteiger partial charge in [0.1, 0.15) is 0 Å². The standard InChI is InChI=1S/C14H22N4OS/c1-3-19-10-4-6-15-14-16-7-9-18(14)8-5-13-17-12(2)11-20-13/h7,9,11H,3-6,8,10H2,1-2H3,(H,15,16). The summed E-state index contributed by atoms with van der Waals surface area (Å²) in [6, 6.07) is 0. The Morgan fingerprint density at radius 2 is 2.35 bits per heavy atom. The lowest BCUT2D eigenvalue weighted by atomic mass is 10.4. The summed E-state index contributed by atoms with van der Waals surface area (Å²) in [6.07, 6.45) is 5.78. The highest BCUT2D eigenvalue weighted by atomic mass is 32.1. The van der Waals surface area contributed by atoms with E-state index in [2.05, 4.69) is 25.2 Å². The second kappa shape index (κ2) is 8.01. The number of ether oxygens (including phenoxy) is 1. The molecule has 0 spiro atoms. The molecule has 110 valence electrons. The van der Waals surface area contributed by atoms with Crippen molar-refractivity contribution < 1.29 is 4.74 Å². The summed E-state index contributed by atoms with van der Waals surface area (Å²) in [7, 11) is 0. The van der Waals surface area contributed by atoms with Crippen LogP contribution in [0.2, 0.25) is 0 Å². The number of aryl methyl sites for hydroxylation is 3. The minimum atomic E-state index is 0.780. The van der Waals surface area contributed by atoms with Gasteiger partial charge in [-0.2, -0.15) is 0 Å². The zero-order valence-electron chi connectivity index (χ0n) is 12.1. The zero-order valence-corrected chi connectivity index (χ0v) is 12.9. The van der Waals surface area contributed by atoms with Gasteiger partial charge in [-0.3, -0.25) is 0 Å². The number of thiazole rings is 1. The van der Waals surface area contributed by atoms with Crippen molar-refractivity contribution in [2.45, 2.75) is 33.2 Å². The van der Waals surface area contributed by atoms with Crippen LogP contribution in [-0.2, 0) is 17.7 Å². The number of imidazole rings is 1. The van der Waals surface area contributed by atoms with Crippen LogP contribution in [0.1, 0.15) is 24.0 Å². The van der Waals surface area contributed by atoms with Gasteiger partial charge in [0.2, 0.25) is 5.95 Å². The van der Waals surface area contributed by atoms with Crippen LogP contribution in [0.4, 0.5) is 5.95 Å². The third kappa shape index (κ3) is 4.61. The topological polar surface area (TPSA) is 52.0 Å². The molecule has 0 aliphatic carbocycles. The third-order valence-electron chi connectivity index (χ3n) is 2.90. The number of aromatic nitrogens is 3. The first-order valence-electron chi connectivity index (χ1n) is 7.03. The molecule has 2 aromatic heterocycles. The number of hydrogen-bond acceptors (Lipinski definition) is 5. The summed E-state index contributed by atoms with van der Waals surface area (Å²) in [4.78, 5) is 8.83. The quantitative estimate of drug-likeness (QED) is 0.723. The fraction of sp³-hybridized carbons (Fsp3) is 0.571. The lowest BCUT2D eigenvalue weighted by Crippen LogP contribution is -2.11. The van der Waals surface area contributed by atoms with E-state index >= 15 is 0 Å². The molecule has 20 heavy (non-hydrogen) atoms. The zero-order chi connectivity index (χ0) is 14.2. The highest BCUT2D eigenvalue weighted by Crippen LogP contribution is 2.12. The molecule has 6 heteroatoms. The van der Waals surface area contributed by atoms with Crippen LogP contribution in [0.25, 0.3) is 0 Å². The third-order valence-corrected chi connectivity index (χ3v) is 3.93. The molecule has 0 aromatic carbocycles. The van der Waals surface area contributed by atoms with Gasteiger partial charge < -0.3 is 14.6 Å². The van der Waals surface area contributed by atoms with E-state index in [9.17, 15) is 0 Å². The Hall–Kier alpha value is -1.40. The van der Waals surface area contributed by atoms with Gasteiger partial charge >= 0.3 is 0 Å². The van der Waals surface area contributed by atoms with Crippen molar-refractivity contribution in [2.75, 3.05) is 25.1 Å². The molecule has 0 saturated heterocycles.